The summed E-state index contributed by atoms with van der Waals surface area (Å²) in [6, 6.07) is 0. The van der Waals surface area contributed by atoms with E-state index >= 15 is 0 Å². The standard InChI is InChI=1S/C8H20N2O2/c1-3-12-7-5-10-8-9-4-6-11-2/h9-10H,3-8H2,1-2H3. The SMILES string of the molecule is CCOCCNCNCCOC. The van der Waals surface area contributed by atoms with Crippen LogP contribution >= 0.6 is 0 Å². The van der Waals surface area contributed by atoms with Crippen molar-refractivity contribution in [1.29, 1.82) is 0 Å². The van der Waals surface area contributed by atoms with Crippen LogP contribution in [-0.2, 0) is 9.47 Å². The Morgan fingerprint density at radius 3 is 2.33 bits per heavy atom. The van der Waals surface area contributed by atoms with Crippen molar-refractivity contribution in [2.75, 3.05) is 46.7 Å². The molecule has 0 unspecified atom stereocenters. The van der Waals surface area contributed by atoms with Crippen LogP contribution in [0, 0.1) is 0 Å². The number of methoxy groups -OCH3 is 1. The summed E-state index contributed by atoms with van der Waals surface area (Å²) in [5, 5.41) is 6.36. The molecule has 0 fully saturated rings. The second-order valence-electron chi connectivity index (χ2n) is 2.37. The monoisotopic (exact) mass is 176 g/mol. The van der Waals surface area contributed by atoms with E-state index in [2.05, 4.69) is 10.6 Å². The van der Waals surface area contributed by atoms with Gasteiger partial charge in [-0.15, -0.1) is 0 Å². The minimum absolute atomic E-state index is 0.757. The molecule has 74 valence electrons. The molecule has 0 rings (SSSR count). The summed E-state index contributed by atoms with van der Waals surface area (Å²) in [5.74, 6) is 0. The molecule has 0 aliphatic rings. The van der Waals surface area contributed by atoms with Crippen molar-refractivity contribution in [2.24, 2.45) is 0 Å². The summed E-state index contributed by atoms with van der Waals surface area (Å²) >= 11 is 0. The Morgan fingerprint density at radius 2 is 1.75 bits per heavy atom. The Balaban J connectivity index is 2.73. The smallest absolute Gasteiger partial charge is 0.0591 e. The number of hydrogen-bond donors (Lipinski definition) is 2. The zero-order valence-corrected chi connectivity index (χ0v) is 8.06. The average molecular weight is 176 g/mol. The van der Waals surface area contributed by atoms with Crippen LogP contribution in [0.25, 0.3) is 0 Å². The van der Waals surface area contributed by atoms with Gasteiger partial charge in [0.05, 0.1) is 13.2 Å². The summed E-state index contributed by atoms with van der Waals surface area (Å²) in [6.45, 7) is 6.92. The fourth-order valence-corrected chi connectivity index (χ4v) is 0.728. The Bertz CT molecular complexity index is 71.5. The molecule has 0 aromatic carbocycles. The molecule has 0 amide bonds. The van der Waals surface area contributed by atoms with Crippen LogP contribution < -0.4 is 10.6 Å². The Hall–Kier alpha value is -0.160. The van der Waals surface area contributed by atoms with Gasteiger partial charge in [0.25, 0.3) is 0 Å². The van der Waals surface area contributed by atoms with Crippen LogP contribution in [0.4, 0.5) is 0 Å². The molecular formula is C8H20N2O2. The molecule has 0 heterocycles. The normalized spacial score (nSPS) is 10.5. The maximum Gasteiger partial charge on any atom is 0.0591 e. The van der Waals surface area contributed by atoms with Crippen molar-refractivity contribution < 1.29 is 9.47 Å². The Morgan fingerprint density at radius 1 is 1.08 bits per heavy atom. The Labute approximate surface area is 74.6 Å². The minimum atomic E-state index is 0.757. The van der Waals surface area contributed by atoms with Gasteiger partial charge in [0.15, 0.2) is 0 Å². The first-order chi connectivity index (χ1) is 5.91. The second-order valence-corrected chi connectivity index (χ2v) is 2.37. The van der Waals surface area contributed by atoms with Crippen molar-refractivity contribution in [3.63, 3.8) is 0 Å². The van der Waals surface area contributed by atoms with Gasteiger partial charge in [-0.2, -0.15) is 0 Å². The number of hydrogen-bond acceptors (Lipinski definition) is 4. The fraction of sp³-hybridized carbons (Fsp3) is 1.00. The highest BCUT2D eigenvalue weighted by Gasteiger charge is 1.86. The van der Waals surface area contributed by atoms with Gasteiger partial charge < -0.3 is 20.1 Å². The first-order valence-electron chi connectivity index (χ1n) is 4.40. The average Bonchev–Trinajstić information content (AvgIpc) is 2.10. The van der Waals surface area contributed by atoms with E-state index in [1.54, 1.807) is 7.11 Å². The van der Waals surface area contributed by atoms with Crippen LogP contribution in [0.5, 0.6) is 0 Å². The maximum atomic E-state index is 5.15. The lowest BCUT2D eigenvalue weighted by molar-refractivity contribution is 0.148. The molecule has 0 atom stereocenters. The molecule has 0 aliphatic heterocycles. The van der Waals surface area contributed by atoms with Gasteiger partial charge in [-0.05, 0) is 6.92 Å². The first-order valence-corrected chi connectivity index (χ1v) is 4.40. The molecule has 0 aromatic heterocycles. The van der Waals surface area contributed by atoms with Crippen LogP contribution in [-0.4, -0.2) is 46.7 Å². The van der Waals surface area contributed by atoms with Crippen molar-refractivity contribution >= 4 is 0 Å². The second kappa shape index (κ2) is 10.8. The predicted octanol–water partition coefficient (Wildman–Crippen LogP) is -0.194. The third-order valence-corrected chi connectivity index (χ3v) is 1.36. The highest BCUT2D eigenvalue weighted by Crippen LogP contribution is 1.69. The minimum Gasteiger partial charge on any atom is -0.383 e. The predicted molar refractivity (Wildman–Crippen MR) is 49.2 cm³/mol. The third-order valence-electron chi connectivity index (χ3n) is 1.36. The van der Waals surface area contributed by atoms with Gasteiger partial charge in [-0.25, -0.2) is 0 Å². The third kappa shape index (κ3) is 9.84. The Kier molecular flexibility index (Phi) is 10.7. The largest absolute Gasteiger partial charge is 0.383 e. The number of ether oxygens (including phenoxy) is 2. The van der Waals surface area contributed by atoms with Gasteiger partial charge in [0.2, 0.25) is 0 Å². The van der Waals surface area contributed by atoms with Gasteiger partial charge in [0, 0.05) is 33.5 Å². The zero-order valence-electron chi connectivity index (χ0n) is 8.06. The molecule has 0 aromatic rings. The summed E-state index contributed by atoms with van der Waals surface area (Å²) in [5.41, 5.74) is 0. The van der Waals surface area contributed by atoms with E-state index < -0.39 is 0 Å². The van der Waals surface area contributed by atoms with E-state index in [1.165, 1.54) is 0 Å². The van der Waals surface area contributed by atoms with Crippen molar-refractivity contribution in [3.05, 3.63) is 0 Å². The van der Waals surface area contributed by atoms with Crippen molar-refractivity contribution in [1.82, 2.24) is 10.6 Å². The first kappa shape index (κ1) is 11.8. The van der Waals surface area contributed by atoms with Crippen LogP contribution in [0.15, 0.2) is 0 Å². The van der Waals surface area contributed by atoms with Crippen LogP contribution in [0.2, 0.25) is 0 Å². The van der Waals surface area contributed by atoms with E-state index in [9.17, 15) is 0 Å². The highest BCUT2D eigenvalue weighted by atomic mass is 16.5. The molecule has 0 spiro atoms. The lowest BCUT2D eigenvalue weighted by atomic mass is 10.6. The van der Waals surface area contributed by atoms with Crippen LogP contribution in [0.1, 0.15) is 6.92 Å². The van der Waals surface area contributed by atoms with Crippen molar-refractivity contribution in [2.45, 2.75) is 6.92 Å². The summed E-state index contributed by atoms with van der Waals surface area (Å²) < 4.78 is 10.0. The molecule has 12 heavy (non-hydrogen) atoms. The molecular weight excluding hydrogens is 156 g/mol. The summed E-state index contributed by atoms with van der Waals surface area (Å²) in [6.07, 6.45) is 0. The highest BCUT2D eigenvalue weighted by molar-refractivity contribution is 4.45. The molecule has 0 bridgehead atoms. The summed E-state index contributed by atoms with van der Waals surface area (Å²) in [7, 11) is 1.70. The van der Waals surface area contributed by atoms with Crippen molar-refractivity contribution in [3.8, 4) is 0 Å². The lowest BCUT2D eigenvalue weighted by Crippen LogP contribution is -2.33. The molecule has 4 heteroatoms. The van der Waals surface area contributed by atoms with E-state index in [0.29, 0.717) is 0 Å². The van der Waals surface area contributed by atoms with E-state index in [0.717, 1.165) is 39.6 Å². The van der Waals surface area contributed by atoms with E-state index in [4.69, 9.17) is 9.47 Å². The number of rotatable bonds is 9. The van der Waals surface area contributed by atoms with Gasteiger partial charge in [-0.3, -0.25) is 0 Å². The fourth-order valence-electron chi connectivity index (χ4n) is 0.728. The summed E-state index contributed by atoms with van der Waals surface area (Å²) in [4.78, 5) is 0. The zero-order chi connectivity index (χ0) is 9.07. The molecule has 0 saturated carbocycles. The van der Waals surface area contributed by atoms with Gasteiger partial charge in [0.1, 0.15) is 0 Å². The maximum absolute atomic E-state index is 5.15. The van der Waals surface area contributed by atoms with E-state index in [1.807, 2.05) is 6.92 Å². The van der Waals surface area contributed by atoms with Crippen LogP contribution in [0.3, 0.4) is 0 Å². The van der Waals surface area contributed by atoms with Gasteiger partial charge in [-0.1, -0.05) is 0 Å². The lowest BCUT2D eigenvalue weighted by Gasteiger charge is -2.05. The number of nitrogens with one attached hydrogen (secondary N) is 2. The molecule has 0 aliphatic carbocycles. The van der Waals surface area contributed by atoms with Gasteiger partial charge >= 0.3 is 0 Å². The molecule has 4 nitrogen and oxygen atoms in total. The molecule has 2 N–H and O–H groups in total. The topological polar surface area (TPSA) is 42.5 Å². The molecule has 0 saturated heterocycles. The quantitative estimate of drug-likeness (QED) is 0.377. The molecule has 0 radical (unpaired) electrons. The van der Waals surface area contributed by atoms with E-state index in [-0.39, 0.29) is 0 Å².